The average Bonchev–Trinajstić information content (AvgIpc) is 2.91. The standard InChI is InChI=1S/C14H20FN3O2/c15-10-3-4-13(12(8-10)14(16)20)18(6-7-19)9-11-2-1-5-17-11/h3-4,8,11,17,19H,1-2,5-7,9H2,(H2,16,20). The number of nitrogens with two attached hydrogens (primary N) is 1. The molecular formula is C14H20FN3O2. The van der Waals surface area contributed by atoms with Crippen LogP contribution in [-0.2, 0) is 0 Å². The molecule has 0 radical (unpaired) electrons. The zero-order valence-corrected chi connectivity index (χ0v) is 11.3. The number of benzene rings is 1. The lowest BCUT2D eigenvalue weighted by Gasteiger charge is -2.28. The maximum atomic E-state index is 13.3. The van der Waals surface area contributed by atoms with Gasteiger partial charge in [-0.2, -0.15) is 0 Å². The lowest BCUT2D eigenvalue weighted by atomic mass is 10.1. The van der Waals surface area contributed by atoms with Crippen molar-refractivity contribution < 1.29 is 14.3 Å². The maximum Gasteiger partial charge on any atom is 0.250 e. The molecule has 20 heavy (non-hydrogen) atoms. The molecule has 1 aliphatic rings. The molecule has 1 atom stereocenters. The van der Waals surface area contributed by atoms with Gasteiger partial charge in [0.1, 0.15) is 5.82 Å². The molecule has 1 unspecified atom stereocenters. The third-order valence-electron chi connectivity index (χ3n) is 3.54. The van der Waals surface area contributed by atoms with Crippen molar-refractivity contribution in [1.82, 2.24) is 5.32 Å². The first-order chi connectivity index (χ1) is 9.61. The van der Waals surface area contributed by atoms with Crippen molar-refractivity contribution in [3.63, 3.8) is 0 Å². The van der Waals surface area contributed by atoms with Crippen LogP contribution < -0.4 is 16.0 Å². The Hall–Kier alpha value is -1.66. The number of anilines is 1. The molecule has 0 aliphatic carbocycles. The third kappa shape index (κ3) is 3.46. The van der Waals surface area contributed by atoms with Crippen molar-refractivity contribution in [1.29, 1.82) is 0 Å². The molecule has 2 rings (SSSR count). The van der Waals surface area contributed by atoms with Gasteiger partial charge < -0.3 is 21.1 Å². The normalized spacial score (nSPS) is 18.2. The Labute approximate surface area is 117 Å². The molecule has 1 fully saturated rings. The maximum absolute atomic E-state index is 13.3. The minimum atomic E-state index is -0.665. The summed E-state index contributed by atoms with van der Waals surface area (Å²) >= 11 is 0. The van der Waals surface area contributed by atoms with Gasteiger partial charge in [-0.15, -0.1) is 0 Å². The van der Waals surface area contributed by atoms with E-state index in [9.17, 15) is 14.3 Å². The van der Waals surface area contributed by atoms with Gasteiger partial charge >= 0.3 is 0 Å². The molecular weight excluding hydrogens is 261 g/mol. The molecule has 5 nitrogen and oxygen atoms in total. The van der Waals surface area contributed by atoms with Gasteiger partial charge in [-0.05, 0) is 37.6 Å². The molecule has 0 aromatic heterocycles. The number of hydrogen-bond acceptors (Lipinski definition) is 4. The van der Waals surface area contributed by atoms with E-state index in [1.54, 1.807) is 6.07 Å². The smallest absolute Gasteiger partial charge is 0.250 e. The number of nitrogens with one attached hydrogen (secondary N) is 1. The number of aliphatic hydroxyl groups excluding tert-OH is 1. The fourth-order valence-corrected chi connectivity index (χ4v) is 2.59. The summed E-state index contributed by atoms with van der Waals surface area (Å²) in [6.45, 7) is 1.97. The van der Waals surface area contributed by atoms with Crippen LogP contribution in [0.15, 0.2) is 18.2 Å². The van der Waals surface area contributed by atoms with E-state index >= 15 is 0 Å². The summed E-state index contributed by atoms with van der Waals surface area (Å²) in [5, 5.41) is 12.6. The summed E-state index contributed by atoms with van der Waals surface area (Å²) < 4.78 is 13.3. The summed E-state index contributed by atoms with van der Waals surface area (Å²) in [5.74, 6) is -1.16. The highest BCUT2D eigenvalue weighted by Crippen LogP contribution is 2.22. The topological polar surface area (TPSA) is 78.6 Å². The molecule has 1 aromatic rings. The average molecular weight is 281 g/mol. The second-order valence-electron chi connectivity index (χ2n) is 4.99. The molecule has 110 valence electrons. The molecule has 1 saturated heterocycles. The first-order valence-electron chi connectivity index (χ1n) is 6.80. The predicted molar refractivity (Wildman–Crippen MR) is 75.2 cm³/mol. The Morgan fingerprint density at radius 3 is 2.95 bits per heavy atom. The van der Waals surface area contributed by atoms with Crippen LogP contribution in [0.4, 0.5) is 10.1 Å². The zero-order valence-electron chi connectivity index (χ0n) is 11.3. The third-order valence-corrected chi connectivity index (χ3v) is 3.54. The van der Waals surface area contributed by atoms with Gasteiger partial charge in [0.05, 0.1) is 12.2 Å². The molecule has 1 aliphatic heterocycles. The van der Waals surface area contributed by atoms with Crippen LogP contribution in [0.2, 0.25) is 0 Å². The number of primary amides is 1. The van der Waals surface area contributed by atoms with Crippen molar-refractivity contribution in [3.8, 4) is 0 Å². The van der Waals surface area contributed by atoms with Crippen molar-refractivity contribution in [2.75, 3.05) is 31.1 Å². The number of halogens is 1. The molecule has 1 aromatic carbocycles. The predicted octanol–water partition coefficient (Wildman–Crippen LogP) is 0.475. The number of aliphatic hydroxyl groups is 1. The highest BCUT2D eigenvalue weighted by Gasteiger charge is 2.21. The zero-order chi connectivity index (χ0) is 14.5. The van der Waals surface area contributed by atoms with Crippen LogP contribution in [0.25, 0.3) is 0 Å². The summed E-state index contributed by atoms with van der Waals surface area (Å²) in [5.41, 5.74) is 6.04. The molecule has 1 amide bonds. The summed E-state index contributed by atoms with van der Waals surface area (Å²) in [4.78, 5) is 13.3. The Morgan fingerprint density at radius 2 is 2.35 bits per heavy atom. The van der Waals surface area contributed by atoms with Crippen molar-refractivity contribution in [2.24, 2.45) is 5.73 Å². The fraction of sp³-hybridized carbons (Fsp3) is 0.500. The molecule has 1 heterocycles. The number of rotatable bonds is 6. The van der Waals surface area contributed by atoms with Crippen molar-refractivity contribution >= 4 is 11.6 Å². The van der Waals surface area contributed by atoms with Gasteiger partial charge in [-0.1, -0.05) is 0 Å². The van der Waals surface area contributed by atoms with Gasteiger partial charge in [0.15, 0.2) is 0 Å². The summed E-state index contributed by atoms with van der Waals surface area (Å²) in [7, 11) is 0. The highest BCUT2D eigenvalue weighted by atomic mass is 19.1. The van der Waals surface area contributed by atoms with Crippen LogP contribution in [0, 0.1) is 5.82 Å². The molecule has 4 N–H and O–H groups in total. The van der Waals surface area contributed by atoms with Gasteiger partial charge in [0.2, 0.25) is 0 Å². The number of carbonyl (C=O) groups is 1. The fourth-order valence-electron chi connectivity index (χ4n) is 2.59. The first-order valence-corrected chi connectivity index (χ1v) is 6.80. The quantitative estimate of drug-likeness (QED) is 0.708. The van der Waals surface area contributed by atoms with E-state index in [-0.39, 0.29) is 12.2 Å². The van der Waals surface area contributed by atoms with E-state index in [0.717, 1.165) is 25.5 Å². The van der Waals surface area contributed by atoms with E-state index in [2.05, 4.69) is 5.32 Å². The summed E-state index contributed by atoms with van der Waals surface area (Å²) in [6.07, 6.45) is 2.17. The Morgan fingerprint density at radius 1 is 1.55 bits per heavy atom. The van der Waals surface area contributed by atoms with Crippen molar-refractivity contribution in [3.05, 3.63) is 29.6 Å². The SMILES string of the molecule is NC(=O)c1cc(F)ccc1N(CCO)CC1CCCN1. The van der Waals surface area contributed by atoms with E-state index in [4.69, 9.17) is 5.73 Å². The van der Waals surface area contributed by atoms with Gasteiger partial charge in [0.25, 0.3) is 5.91 Å². The number of amides is 1. The number of hydrogen-bond donors (Lipinski definition) is 3. The first kappa shape index (κ1) is 14.7. The monoisotopic (exact) mass is 281 g/mol. The van der Waals surface area contributed by atoms with Crippen LogP contribution in [0.3, 0.4) is 0 Å². The number of carbonyl (C=O) groups excluding carboxylic acids is 1. The largest absolute Gasteiger partial charge is 0.395 e. The van der Waals surface area contributed by atoms with Crippen LogP contribution in [0.1, 0.15) is 23.2 Å². The second kappa shape index (κ2) is 6.67. The van der Waals surface area contributed by atoms with E-state index in [1.165, 1.54) is 6.07 Å². The summed E-state index contributed by atoms with van der Waals surface area (Å²) in [6, 6.07) is 4.30. The second-order valence-corrected chi connectivity index (χ2v) is 4.99. The molecule has 0 spiro atoms. The van der Waals surface area contributed by atoms with Crippen molar-refractivity contribution in [2.45, 2.75) is 18.9 Å². The Kier molecular flexibility index (Phi) is 4.92. The molecule has 6 heteroatoms. The van der Waals surface area contributed by atoms with Crippen LogP contribution in [-0.4, -0.2) is 43.3 Å². The van der Waals surface area contributed by atoms with E-state index < -0.39 is 11.7 Å². The lowest BCUT2D eigenvalue weighted by Crippen LogP contribution is -2.40. The minimum Gasteiger partial charge on any atom is -0.395 e. The molecule has 0 saturated carbocycles. The van der Waals surface area contributed by atoms with Crippen LogP contribution >= 0.6 is 0 Å². The van der Waals surface area contributed by atoms with Gasteiger partial charge in [0, 0.05) is 24.8 Å². The van der Waals surface area contributed by atoms with Crippen LogP contribution in [0.5, 0.6) is 0 Å². The minimum absolute atomic E-state index is 0.0394. The Balaban J connectivity index is 2.25. The Bertz CT molecular complexity index is 475. The molecule has 0 bridgehead atoms. The lowest BCUT2D eigenvalue weighted by molar-refractivity contribution is 0.1000. The van der Waals surface area contributed by atoms with E-state index in [0.29, 0.717) is 24.8 Å². The van der Waals surface area contributed by atoms with Gasteiger partial charge in [-0.3, -0.25) is 4.79 Å². The van der Waals surface area contributed by atoms with Gasteiger partial charge in [-0.25, -0.2) is 4.39 Å². The highest BCUT2D eigenvalue weighted by molar-refractivity contribution is 5.98. The van der Waals surface area contributed by atoms with E-state index in [1.807, 2.05) is 4.90 Å². The number of nitrogens with zero attached hydrogens (tertiary/aromatic N) is 1.